The third-order valence-electron chi connectivity index (χ3n) is 4.64. The molecule has 2 rings (SSSR count). The molecule has 1 saturated carbocycles. The Balaban J connectivity index is 1.78. The lowest BCUT2D eigenvalue weighted by Gasteiger charge is -2.32. The normalized spacial score (nSPS) is 28.6. The average Bonchev–Trinajstić information content (AvgIpc) is 2.80. The molecule has 0 aromatic rings. The van der Waals surface area contributed by atoms with Crippen LogP contribution in [0.5, 0.6) is 0 Å². The monoisotopic (exact) mass is 289 g/mol. The Bertz CT molecular complexity index is 376. The lowest BCUT2D eigenvalue weighted by molar-refractivity contribution is 0.0992. The topological polar surface area (TPSA) is 57.6 Å². The fourth-order valence-corrected chi connectivity index (χ4v) is 4.57. The SMILES string of the molecule is CS(=O)(=O)N1CCCC(CC(O)CC2CCCC2)C1. The molecular formula is C14H27NO3S. The Morgan fingerprint density at radius 3 is 2.32 bits per heavy atom. The van der Waals surface area contributed by atoms with E-state index >= 15 is 0 Å². The lowest BCUT2D eigenvalue weighted by Crippen LogP contribution is -2.40. The van der Waals surface area contributed by atoms with Gasteiger partial charge in [-0.15, -0.1) is 0 Å². The molecule has 0 aromatic carbocycles. The number of aliphatic hydroxyl groups excluding tert-OH is 1. The van der Waals surface area contributed by atoms with Gasteiger partial charge in [-0.25, -0.2) is 12.7 Å². The predicted molar refractivity (Wildman–Crippen MR) is 76.3 cm³/mol. The summed E-state index contributed by atoms with van der Waals surface area (Å²) in [7, 11) is -3.07. The Hall–Kier alpha value is -0.130. The van der Waals surface area contributed by atoms with Gasteiger partial charge in [0, 0.05) is 13.1 Å². The maximum atomic E-state index is 11.6. The summed E-state index contributed by atoms with van der Waals surface area (Å²) in [5.74, 6) is 1.03. The first-order chi connectivity index (χ1) is 8.95. The van der Waals surface area contributed by atoms with Gasteiger partial charge in [-0.2, -0.15) is 0 Å². The number of piperidine rings is 1. The van der Waals surface area contributed by atoms with Crippen molar-refractivity contribution in [2.75, 3.05) is 19.3 Å². The number of hydrogen-bond acceptors (Lipinski definition) is 3. The van der Waals surface area contributed by atoms with Gasteiger partial charge in [0.05, 0.1) is 12.4 Å². The summed E-state index contributed by atoms with van der Waals surface area (Å²) >= 11 is 0. The van der Waals surface area contributed by atoms with E-state index in [4.69, 9.17) is 0 Å². The molecule has 0 bridgehead atoms. The van der Waals surface area contributed by atoms with Gasteiger partial charge in [0.1, 0.15) is 0 Å². The number of hydrogen-bond donors (Lipinski definition) is 1. The predicted octanol–water partition coefficient (Wildman–Crippen LogP) is 1.99. The standard InChI is InChI=1S/C14H27NO3S/c1-19(17,18)15-8-4-7-13(11-15)10-14(16)9-12-5-2-3-6-12/h12-14,16H,2-11H2,1H3. The minimum absolute atomic E-state index is 0.243. The van der Waals surface area contributed by atoms with Crippen LogP contribution >= 0.6 is 0 Å². The van der Waals surface area contributed by atoms with E-state index < -0.39 is 10.0 Å². The van der Waals surface area contributed by atoms with Crippen LogP contribution in [0.25, 0.3) is 0 Å². The molecule has 5 heteroatoms. The van der Waals surface area contributed by atoms with Gasteiger partial charge >= 0.3 is 0 Å². The van der Waals surface area contributed by atoms with Crippen LogP contribution < -0.4 is 0 Å². The highest BCUT2D eigenvalue weighted by Crippen LogP contribution is 2.31. The second kappa shape index (κ2) is 6.55. The molecule has 2 aliphatic rings. The highest BCUT2D eigenvalue weighted by Gasteiger charge is 2.28. The van der Waals surface area contributed by atoms with E-state index in [0.29, 0.717) is 24.9 Å². The highest BCUT2D eigenvalue weighted by molar-refractivity contribution is 7.88. The zero-order valence-electron chi connectivity index (χ0n) is 11.9. The Morgan fingerprint density at radius 2 is 1.68 bits per heavy atom. The highest BCUT2D eigenvalue weighted by atomic mass is 32.2. The van der Waals surface area contributed by atoms with Gasteiger partial charge in [0.25, 0.3) is 0 Å². The van der Waals surface area contributed by atoms with Crippen molar-refractivity contribution in [2.45, 2.75) is 57.5 Å². The van der Waals surface area contributed by atoms with E-state index in [1.807, 2.05) is 0 Å². The smallest absolute Gasteiger partial charge is 0.211 e. The summed E-state index contributed by atoms with van der Waals surface area (Å²) in [5.41, 5.74) is 0. The van der Waals surface area contributed by atoms with Crippen molar-refractivity contribution >= 4 is 10.0 Å². The number of sulfonamides is 1. The maximum absolute atomic E-state index is 11.6. The minimum atomic E-state index is -3.07. The van der Waals surface area contributed by atoms with E-state index in [1.165, 1.54) is 31.9 Å². The molecule has 1 saturated heterocycles. The van der Waals surface area contributed by atoms with Crippen LogP contribution in [-0.2, 0) is 10.0 Å². The molecule has 0 amide bonds. The third-order valence-corrected chi connectivity index (χ3v) is 5.91. The van der Waals surface area contributed by atoms with E-state index in [2.05, 4.69) is 0 Å². The molecule has 1 heterocycles. The first-order valence-corrected chi connectivity index (χ1v) is 9.43. The first kappa shape index (κ1) is 15.3. The maximum Gasteiger partial charge on any atom is 0.211 e. The van der Waals surface area contributed by atoms with Gasteiger partial charge in [-0.05, 0) is 37.5 Å². The fraction of sp³-hybridized carbons (Fsp3) is 1.00. The molecule has 4 nitrogen and oxygen atoms in total. The summed E-state index contributed by atoms with van der Waals surface area (Å²) < 4.78 is 24.7. The summed E-state index contributed by atoms with van der Waals surface area (Å²) in [6.07, 6.45) is 9.83. The molecule has 2 atom stereocenters. The average molecular weight is 289 g/mol. The van der Waals surface area contributed by atoms with Crippen molar-refractivity contribution in [1.29, 1.82) is 0 Å². The van der Waals surface area contributed by atoms with Crippen molar-refractivity contribution in [3.8, 4) is 0 Å². The van der Waals surface area contributed by atoms with Crippen molar-refractivity contribution in [2.24, 2.45) is 11.8 Å². The number of nitrogens with zero attached hydrogens (tertiary/aromatic N) is 1. The summed E-state index contributed by atoms with van der Waals surface area (Å²) in [5, 5.41) is 10.2. The molecule has 0 radical (unpaired) electrons. The molecule has 1 aliphatic carbocycles. The molecule has 1 N–H and O–H groups in total. The first-order valence-electron chi connectivity index (χ1n) is 7.58. The van der Waals surface area contributed by atoms with Crippen LogP contribution in [0.3, 0.4) is 0 Å². The quantitative estimate of drug-likeness (QED) is 0.842. The summed E-state index contributed by atoms with van der Waals surface area (Å²) in [6.45, 7) is 1.24. The van der Waals surface area contributed by atoms with E-state index in [-0.39, 0.29) is 6.10 Å². The van der Waals surface area contributed by atoms with Crippen LogP contribution in [-0.4, -0.2) is 43.3 Å². The van der Waals surface area contributed by atoms with Crippen molar-refractivity contribution in [1.82, 2.24) is 4.31 Å². The van der Waals surface area contributed by atoms with Gasteiger partial charge in [-0.1, -0.05) is 25.7 Å². The van der Waals surface area contributed by atoms with Crippen LogP contribution in [0.4, 0.5) is 0 Å². The molecule has 2 fully saturated rings. The van der Waals surface area contributed by atoms with Crippen molar-refractivity contribution in [3.05, 3.63) is 0 Å². The molecule has 112 valence electrons. The van der Waals surface area contributed by atoms with Crippen LogP contribution in [0.2, 0.25) is 0 Å². The molecule has 0 spiro atoms. The van der Waals surface area contributed by atoms with Crippen LogP contribution in [0.15, 0.2) is 0 Å². The fourth-order valence-electron chi connectivity index (χ4n) is 3.63. The number of aliphatic hydroxyl groups is 1. The molecule has 19 heavy (non-hydrogen) atoms. The third kappa shape index (κ3) is 4.72. The Morgan fingerprint density at radius 1 is 1.11 bits per heavy atom. The summed E-state index contributed by atoms with van der Waals surface area (Å²) in [4.78, 5) is 0. The summed E-state index contributed by atoms with van der Waals surface area (Å²) in [6, 6.07) is 0. The van der Waals surface area contributed by atoms with E-state index in [0.717, 1.165) is 25.7 Å². The zero-order chi connectivity index (χ0) is 13.9. The zero-order valence-corrected chi connectivity index (χ0v) is 12.7. The molecular weight excluding hydrogens is 262 g/mol. The molecule has 2 unspecified atom stereocenters. The Kier molecular flexibility index (Phi) is 5.26. The van der Waals surface area contributed by atoms with Gasteiger partial charge in [0.2, 0.25) is 10.0 Å². The van der Waals surface area contributed by atoms with Crippen molar-refractivity contribution in [3.63, 3.8) is 0 Å². The van der Waals surface area contributed by atoms with Gasteiger partial charge in [-0.3, -0.25) is 0 Å². The Labute approximate surface area is 117 Å². The number of rotatable bonds is 5. The van der Waals surface area contributed by atoms with Crippen LogP contribution in [0, 0.1) is 11.8 Å². The lowest BCUT2D eigenvalue weighted by atomic mass is 9.89. The molecule has 0 aromatic heterocycles. The second-order valence-electron chi connectivity index (χ2n) is 6.40. The van der Waals surface area contributed by atoms with Crippen molar-refractivity contribution < 1.29 is 13.5 Å². The van der Waals surface area contributed by atoms with E-state index in [1.54, 1.807) is 4.31 Å². The molecule has 1 aliphatic heterocycles. The van der Waals surface area contributed by atoms with Gasteiger partial charge < -0.3 is 5.11 Å². The second-order valence-corrected chi connectivity index (χ2v) is 8.39. The minimum Gasteiger partial charge on any atom is -0.393 e. The largest absolute Gasteiger partial charge is 0.393 e. The van der Waals surface area contributed by atoms with Gasteiger partial charge in [0.15, 0.2) is 0 Å². The van der Waals surface area contributed by atoms with Crippen LogP contribution in [0.1, 0.15) is 51.4 Å². The van der Waals surface area contributed by atoms with E-state index in [9.17, 15) is 13.5 Å².